The first-order valence-electron chi connectivity index (χ1n) is 7.35. The van der Waals surface area contributed by atoms with Crippen molar-refractivity contribution in [1.29, 1.82) is 0 Å². The molecule has 1 aromatic rings. The molecule has 0 atom stereocenters. The number of aliphatic hydroxyl groups excluding tert-OH is 1. The molecule has 3 rings (SSSR count). The fourth-order valence-corrected chi connectivity index (χ4v) is 2.69. The topological polar surface area (TPSA) is 70.5 Å². The minimum atomic E-state index is -0.146. The maximum Gasteiger partial charge on any atom is 0.129 e. The molecule has 0 aromatic carbocycles. The average Bonchev–Trinajstić information content (AvgIpc) is 2.45. The Morgan fingerprint density at radius 3 is 2.85 bits per heavy atom. The number of hydrogen-bond acceptors (Lipinski definition) is 6. The van der Waals surface area contributed by atoms with Crippen molar-refractivity contribution in [3.63, 3.8) is 0 Å². The van der Waals surface area contributed by atoms with Gasteiger partial charge in [0, 0.05) is 43.9 Å². The molecule has 2 N–H and O–H groups in total. The number of nitrogens with zero attached hydrogens (tertiary/aromatic N) is 3. The largest absolute Gasteiger partial charge is 0.393 e. The van der Waals surface area contributed by atoms with Crippen LogP contribution in [0.1, 0.15) is 24.5 Å². The number of morpholine rings is 1. The highest BCUT2D eigenvalue weighted by molar-refractivity contribution is 5.36. The Kier molecular flexibility index (Phi) is 4.44. The first-order valence-corrected chi connectivity index (χ1v) is 7.35. The van der Waals surface area contributed by atoms with Crippen molar-refractivity contribution in [2.75, 3.05) is 44.7 Å². The molecule has 20 heavy (non-hydrogen) atoms. The lowest BCUT2D eigenvalue weighted by molar-refractivity contribution is 0.0398. The fourth-order valence-electron chi connectivity index (χ4n) is 2.69. The van der Waals surface area contributed by atoms with E-state index in [1.54, 1.807) is 6.33 Å². The lowest BCUT2D eigenvalue weighted by Gasteiger charge is -2.30. The van der Waals surface area contributed by atoms with Gasteiger partial charge in [-0.3, -0.25) is 4.90 Å². The Hall–Kier alpha value is -1.24. The van der Waals surface area contributed by atoms with E-state index in [4.69, 9.17) is 4.74 Å². The molecule has 1 aromatic heterocycles. The first kappa shape index (κ1) is 13.7. The maximum atomic E-state index is 9.36. The fraction of sp³-hybridized carbons (Fsp3) is 0.714. The Balaban J connectivity index is 1.46. The Morgan fingerprint density at radius 2 is 2.10 bits per heavy atom. The molecule has 0 amide bonds. The van der Waals surface area contributed by atoms with Gasteiger partial charge in [-0.15, -0.1) is 0 Å². The summed E-state index contributed by atoms with van der Waals surface area (Å²) in [7, 11) is 0. The number of nitrogens with one attached hydrogen (secondary N) is 1. The Labute approximate surface area is 119 Å². The van der Waals surface area contributed by atoms with E-state index in [0.717, 1.165) is 63.7 Å². The molecular formula is C14H22N4O2. The molecule has 1 saturated heterocycles. The molecule has 0 unspecified atom stereocenters. The highest BCUT2D eigenvalue weighted by atomic mass is 16.5. The summed E-state index contributed by atoms with van der Waals surface area (Å²) in [6, 6.07) is 2.01. The van der Waals surface area contributed by atoms with Crippen LogP contribution in [-0.2, 0) is 4.74 Å². The molecule has 2 aliphatic rings. The van der Waals surface area contributed by atoms with Gasteiger partial charge in [0.05, 0.1) is 19.3 Å². The summed E-state index contributed by atoms with van der Waals surface area (Å²) in [5, 5.41) is 12.7. The number of rotatable bonds is 5. The molecule has 1 saturated carbocycles. The Morgan fingerprint density at radius 1 is 1.30 bits per heavy atom. The van der Waals surface area contributed by atoms with Crippen LogP contribution in [0, 0.1) is 0 Å². The zero-order valence-electron chi connectivity index (χ0n) is 11.7. The zero-order chi connectivity index (χ0) is 13.8. The summed E-state index contributed by atoms with van der Waals surface area (Å²) >= 11 is 0. The van der Waals surface area contributed by atoms with Crippen molar-refractivity contribution < 1.29 is 9.84 Å². The third kappa shape index (κ3) is 3.45. The number of ether oxygens (including phenoxy) is 1. The molecule has 6 heteroatoms. The Bertz CT molecular complexity index is 431. The van der Waals surface area contributed by atoms with Gasteiger partial charge in [-0.2, -0.15) is 0 Å². The molecule has 2 heterocycles. The van der Waals surface area contributed by atoms with Crippen LogP contribution in [0.4, 0.5) is 5.82 Å². The predicted molar refractivity (Wildman–Crippen MR) is 75.8 cm³/mol. The normalized spacial score (nSPS) is 27.1. The van der Waals surface area contributed by atoms with E-state index < -0.39 is 0 Å². The summed E-state index contributed by atoms with van der Waals surface area (Å²) in [6.07, 6.45) is 3.11. The van der Waals surface area contributed by atoms with E-state index in [1.165, 1.54) is 0 Å². The molecule has 0 spiro atoms. The highest BCUT2D eigenvalue weighted by Gasteiger charge is 2.29. The number of hydrogen-bond donors (Lipinski definition) is 2. The van der Waals surface area contributed by atoms with Gasteiger partial charge in [-0.1, -0.05) is 0 Å². The average molecular weight is 278 g/mol. The summed E-state index contributed by atoms with van der Waals surface area (Å²) in [6.45, 7) is 5.57. The molecule has 0 radical (unpaired) electrons. The third-order valence-electron chi connectivity index (χ3n) is 4.06. The smallest absolute Gasteiger partial charge is 0.129 e. The van der Waals surface area contributed by atoms with Crippen molar-refractivity contribution in [2.45, 2.75) is 24.9 Å². The number of aromatic nitrogens is 2. The van der Waals surface area contributed by atoms with E-state index >= 15 is 0 Å². The van der Waals surface area contributed by atoms with Crippen LogP contribution in [-0.4, -0.2) is 65.5 Å². The van der Waals surface area contributed by atoms with Gasteiger partial charge < -0.3 is 15.2 Å². The van der Waals surface area contributed by atoms with E-state index in [-0.39, 0.29) is 6.10 Å². The molecule has 1 aliphatic carbocycles. The van der Waals surface area contributed by atoms with Crippen molar-refractivity contribution in [1.82, 2.24) is 14.9 Å². The second-order valence-electron chi connectivity index (χ2n) is 5.53. The number of aliphatic hydroxyl groups is 1. The van der Waals surface area contributed by atoms with Gasteiger partial charge in [-0.25, -0.2) is 9.97 Å². The van der Waals surface area contributed by atoms with Crippen LogP contribution in [0.25, 0.3) is 0 Å². The van der Waals surface area contributed by atoms with Crippen LogP contribution < -0.4 is 5.32 Å². The minimum Gasteiger partial charge on any atom is -0.393 e. The highest BCUT2D eigenvalue weighted by Crippen LogP contribution is 2.35. The van der Waals surface area contributed by atoms with Gasteiger partial charge >= 0.3 is 0 Å². The molecule has 1 aliphatic heterocycles. The van der Waals surface area contributed by atoms with Crippen LogP contribution >= 0.6 is 0 Å². The van der Waals surface area contributed by atoms with Gasteiger partial charge in [0.25, 0.3) is 0 Å². The van der Waals surface area contributed by atoms with Gasteiger partial charge in [0.1, 0.15) is 12.1 Å². The lowest BCUT2D eigenvalue weighted by Crippen LogP contribution is -2.39. The van der Waals surface area contributed by atoms with E-state index in [2.05, 4.69) is 20.2 Å². The monoisotopic (exact) mass is 278 g/mol. The third-order valence-corrected chi connectivity index (χ3v) is 4.06. The second-order valence-corrected chi connectivity index (χ2v) is 5.53. The second kappa shape index (κ2) is 6.47. The minimum absolute atomic E-state index is 0.146. The standard InChI is InChI=1S/C14H22N4O2/c19-12-7-11(8-12)13-9-14(17-10-16-13)15-1-2-18-3-5-20-6-4-18/h9-12,19H,1-8H2,(H,15,16,17). The van der Waals surface area contributed by atoms with Crippen LogP contribution in [0.2, 0.25) is 0 Å². The maximum absolute atomic E-state index is 9.36. The SMILES string of the molecule is OC1CC(c2cc(NCCN3CCOCC3)ncn2)C1. The van der Waals surface area contributed by atoms with Crippen LogP contribution in [0.5, 0.6) is 0 Å². The van der Waals surface area contributed by atoms with Crippen molar-refractivity contribution in [3.05, 3.63) is 18.1 Å². The molecule has 110 valence electrons. The summed E-state index contributed by atoms with van der Waals surface area (Å²) in [5.41, 5.74) is 1.04. The summed E-state index contributed by atoms with van der Waals surface area (Å²) in [4.78, 5) is 10.9. The molecule has 6 nitrogen and oxygen atoms in total. The van der Waals surface area contributed by atoms with Crippen molar-refractivity contribution in [2.24, 2.45) is 0 Å². The number of anilines is 1. The van der Waals surface area contributed by atoms with Gasteiger partial charge in [0.15, 0.2) is 0 Å². The van der Waals surface area contributed by atoms with E-state index in [0.29, 0.717) is 5.92 Å². The van der Waals surface area contributed by atoms with Crippen molar-refractivity contribution >= 4 is 5.82 Å². The van der Waals surface area contributed by atoms with Gasteiger partial charge in [-0.05, 0) is 12.8 Å². The van der Waals surface area contributed by atoms with Crippen LogP contribution in [0.15, 0.2) is 12.4 Å². The van der Waals surface area contributed by atoms with Crippen LogP contribution in [0.3, 0.4) is 0 Å². The first-order chi connectivity index (χ1) is 9.81. The molecule has 0 bridgehead atoms. The van der Waals surface area contributed by atoms with E-state index in [1.807, 2.05) is 6.07 Å². The molecular weight excluding hydrogens is 256 g/mol. The molecule has 2 fully saturated rings. The summed E-state index contributed by atoms with van der Waals surface area (Å²) < 4.78 is 5.33. The predicted octanol–water partition coefficient (Wildman–Crippen LogP) is 0.459. The van der Waals surface area contributed by atoms with Gasteiger partial charge in [0.2, 0.25) is 0 Å². The lowest BCUT2D eigenvalue weighted by atomic mass is 9.80. The zero-order valence-corrected chi connectivity index (χ0v) is 11.7. The quantitative estimate of drug-likeness (QED) is 0.815. The summed E-state index contributed by atoms with van der Waals surface area (Å²) in [5.74, 6) is 1.28. The van der Waals surface area contributed by atoms with Crippen molar-refractivity contribution in [3.8, 4) is 0 Å². The van der Waals surface area contributed by atoms with E-state index in [9.17, 15) is 5.11 Å².